The summed E-state index contributed by atoms with van der Waals surface area (Å²) in [5, 5.41) is 7.23. The Hall–Kier alpha value is -8.86. The number of para-hydroxylation sites is 4. The van der Waals surface area contributed by atoms with Gasteiger partial charge in [-0.05, 0) is 104 Å². The molecule has 0 amide bonds. The summed E-state index contributed by atoms with van der Waals surface area (Å²) in [6.45, 7) is 0. The Morgan fingerprint density at radius 1 is 0.258 bits per heavy atom. The minimum Gasteiger partial charge on any atom is -0.308 e. The van der Waals surface area contributed by atoms with Crippen LogP contribution in [0.4, 0.5) is 34.1 Å². The van der Waals surface area contributed by atoms with Crippen molar-refractivity contribution in [2.75, 3.05) is 9.80 Å². The van der Waals surface area contributed by atoms with E-state index in [9.17, 15) is 0 Å². The third-order valence-corrected chi connectivity index (χ3v) is 12.7. The lowest BCUT2D eigenvalue weighted by molar-refractivity contribution is 1.23. The number of anilines is 6. The molecule has 0 bridgehead atoms. The maximum atomic E-state index is 5.20. The second kappa shape index (κ2) is 16.7. The number of rotatable bonds is 10. The van der Waals surface area contributed by atoms with Gasteiger partial charge in [0.05, 0.1) is 46.5 Å². The summed E-state index contributed by atoms with van der Waals surface area (Å²) < 4.78 is 0. The smallest absolute Gasteiger partial charge is 0.0709 e. The van der Waals surface area contributed by atoms with Crippen LogP contribution in [0.2, 0.25) is 0 Å². The van der Waals surface area contributed by atoms with E-state index in [0.717, 1.165) is 67.8 Å². The van der Waals surface area contributed by atoms with Gasteiger partial charge in [-0.2, -0.15) is 0 Å². The topological polar surface area (TPSA) is 32.3 Å². The van der Waals surface area contributed by atoms with Crippen molar-refractivity contribution in [3.05, 3.63) is 255 Å². The monoisotopic (exact) mass is 842 g/mol. The minimum absolute atomic E-state index is 0.926. The van der Waals surface area contributed by atoms with Gasteiger partial charge in [0.15, 0.2) is 0 Å². The Labute approximate surface area is 384 Å². The molecule has 2 aromatic heterocycles. The van der Waals surface area contributed by atoms with Crippen LogP contribution in [0.1, 0.15) is 0 Å². The van der Waals surface area contributed by atoms with Crippen molar-refractivity contribution in [1.29, 1.82) is 0 Å². The van der Waals surface area contributed by atoms with Crippen molar-refractivity contribution < 1.29 is 0 Å². The zero-order chi connectivity index (χ0) is 43.8. The normalized spacial score (nSPS) is 11.3. The van der Waals surface area contributed by atoms with E-state index in [-0.39, 0.29) is 0 Å². The highest BCUT2D eigenvalue weighted by atomic mass is 15.2. The predicted molar refractivity (Wildman–Crippen MR) is 277 cm³/mol. The number of aromatic nitrogens is 2. The molecule has 12 rings (SSSR count). The van der Waals surface area contributed by atoms with Crippen molar-refractivity contribution in [2.45, 2.75) is 0 Å². The summed E-state index contributed by atoms with van der Waals surface area (Å²) >= 11 is 0. The fourth-order valence-electron chi connectivity index (χ4n) is 9.67. The second-order valence-electron chi connectivity index (χ2n) is 16.6. The van der Waals surface area contributed by atoms with Crippen molar-refractivity contribution in [3.63, 3.8) is 0 Å². The third-order valence-electron chi connectivity index (χ3n) is 12.7. The minimum atomic E-state index is 0.926. The first-order valence-corrected chi connectivity index (χ1v) is 22.4. The van der Waals surface area contributed by atoms with E-state index >= 15 is 0 Å². The van der Waals surface area contributed by atoms with E-state index in [1.807, 2.05) is 12.4 Å². The average molecular weight is 843 g/mol. The van der Waals surface area contributed by atoms with E-state index < -0.39 is 0 Å². The third kappa shape index (κ3) is 6.89. The van der Waals surface area contributed by atoms with Crippen molar-refractivity contribution in [2.24, 2.45) is 0 Å². The zero-order valence-electron chi connectivity index (χ0n) is 36.0. The molecule has 4 nitrogen and oxygen atoms in total. The largest absolute Gasteiger partial charge is 0.308 e. The molecule has 0 unspecified atom stereocenters. The fourth-order valence-corrected chi connectivity index (χ4v) is 9.67. The van der Waals surface area contributed by atoms with Crippen LogP contribution in [0.5, 0.6) is 0 Å². The van der Waals surface area contributed by atoms with Gasteiger partial charge in [-0.1, -0.05) is 182 Å². The number of hydrogen-bond donors (Lipinski definition) is 0. The van der Waals surface area contributed by atoms with Gasteiger partial charge in [0, 0.05) is 33.6 Å². The van der Waals surface area contributed by atoms with E-state index in [2.05, 4.69) is 252 Å². The standard InChI is InChI=1S/C62H42N4/c1-5-17-43(18-6-1)51-25-13-15-27-59(51)65(47-21-9-3-10-22-47)49-33-39-57(63-41-49)53-35-29-45-32-38-56-54(36-30-46-31-37-55(53)61(45)62(46)56)58-40-34-50(42-64-58)66(48-23-11-4-12-24-48)60-28-16-14-26-52(60)44-19-7-2-8-20-44/h1-42H. The molecule has 10 aromatic carbocycles. The molecule has 0 N–H and O–H groups in total. The highest BCUT2D eigenvalue weighted by Crippen LogP contribution is 2.45. The van der Waals surface area contributed by atoms with E-state index in [1.54, 1.807) is 0 Å². The first-order chi connectivity index (χ1) is 32.8. The van der Waals surface area contributed by atoms with Crippen molar-refractivity contribution >= 4 is 66.4 Å². The molecular formula is C62H42N4. The number of hydrogen-bond acceptors (Lipinski definition) is 4. The Morgan fingerprint density at radius 3 is 1.02 bits per heavy atom. The van der Waals surface area contributed by atoms with Gasteiger partial charge in [-0.25, -0.2) is 0 Å². The molecule has 66 heavy (non-hydrogen) atoms. The molecule has 0 saturated heterocycles. The molecule has 12 aromatic rings. The molecule has 0 aliphatic carbocycles. The number of benzene rings is 10. The lowest BCUT2D eigenvalue weighted by atomic mass is 9.88. The molecular weight excluding hydrogens is 801 g/mol. The molecule has 0 radical (unpaired) electrons. The van der Waals surface area contributed by atoms with Gasteiger partial charge in [-0.15, -0.1) is 0 Å². The molecule has 310 valence electrons. The average Bonchev–Trinajstić information content (AvgIpc) is 3.40. The number of nitrogens with zero attached hydrogens (tertiary/aromatic N) is 4. The maximum Gasteiger partial charge on any atom is 0.0709 e. The Morgan fingerprint density at radius 2 is 0.621 bits per heavy atom. The quantitative estimate of drug-likeness (QED) is 0.128. The second-order valence-corrected chi connectivity index (χ2v) is 16.6. The van der Waals surface area contributed by atoms with Crippen LogP contribution < -0.4 is 9.80 Å². The molecule has 2 heterocycles. The summed E-state index contributed by atoms with van der Waals surface area (Å²) in [6, 6.07) is 86.1. The summed E-state index contributed by atoms with van der Waals surface area (Å²) in [4.78, 5) is 15.0. The molecule has 0 aliphatic heterocycles. The van der Waals surface area contributed by atoms with Crippen LogP contribution >= 0.6 is 0 Å². The van der Waals surface area contributed by atoms with Crippen LogP contribution in [0.15, 0.2) is 255 Å². The Bertz CT molecular complexity index is 3370. The van der Waals surface area contributed by atoms with Crippen molar-refractivity contribution in [1.82, 2.24) is 9.97 Å². The van der Waals surface area contributed by atoms with Crippen LogP contribution in [0.25, 0.3) is 77.1 Å². The Balaban J connectivity index is 0.929. The van der Waals surface area contributed by atoms with Gasteiger partial charge in [0.25, 0.3) is 0 Å². The summed E-state index contributed by atoms with van der Waals surface area (Å²) in [5.41, 5.74) is 15.0. The van der Waals surface area contributed by atoms with Gasteiger partial charge in [0.2, 0.25) is 0 Å². The molecule has 0 saturated carbocycles. The van der Waals surface area contributed by atoms with Gasteiger partial charge in [-0.3, -0.25) is 9.97 Å². The highest BCUT2D eigenvalue weighted by Gasteiger charge is 2.21. The lowest BCUT2D eigenvalue weighted by Gasteiger charge is -2.27. The maximum absolute atomic E-state index is 5.20. The SMILES string of the molecule is c1ccc(-c2ccccc2N(c2ccccc2)c2ccc(-c3ccc4ccc5c(-c6ccc(N(c7ccccc7)c7ccccc7-c7ccccc7)cn6)ccc6ccc3c4c65)nc2)cc1. The predicted octanol–water partition coefficient (Wildman–Crippen LogP) is 17.0. The molecule has 0 aliphatic rings. The van der Waals surface area contributed by atoms with Gasteiger partial charge < -0.3 is 9.80 Å². The van der Waals surface area contributed by atoms with Crippen LogP contribution in [-0.2, 0) is 0 Å². The molecule has 4 heteroatoms. The first kappa shape index (κ1) is 38.8. The van der Waals surface area contributed by atoms with Crippen LogP contribution in [-0.4, -0.2) is 9.97 Å². The molecule has 0 atom stereocenters. The lowest BCUT2D eigenvalue weighted by Crippen LogP contribution is -2.11. The van der Waals surface area contributed by atoms with Crippen molar-refractivity contribution in [3.8, 4) is 44.8 Å². The zero-order valence-corrected chi connectivity index (χ0v) is 36.0. The van der Waals surface area contributed by atoms with E-state index in [0.29, 0.717) is 0 Å². The first-order valence-electron chi connectivity index (χ1n) is 22.4. The highest BCUT2D eigenvalue weighted by molar-refractivity contribution is 6.27. The Kier molecular flexibility index (Phi) is 9.81. The van der Waals surface area contributed by atoms with Crippen LogP contribution in [0, 0.1) is 0 Å². The summed E-state index contributed by atoms with van der Waals surface area (Å²) in [7, 11) is 0. The van der Waals surface area contributed by atoms with Crippen LogP contribution in [0.3, 0.4) is 0 Å². The van der Waals surface area contributed by atoms with Gasteiger partial charge in [0.1, 0.15) is 0 Å². The molecule has 0 spiro atoms. The molecule has 0 fully saturated rings. The van der Waals surface area contributed by atoms with E-state index in [1.165, 1.54) is 43.4 Å². The summed E-state index contributed by atoms with van der Waals surface area (Å²) in [5.74, 6) is 0. The van der Waals surface area contributed by atoms with Gasteiger partial charge >= 0.3 is 0 Å². The summed E-state index contributed by atoms with van der Waals surface area (Å²) in [6.07, 6.45) is 4.02. The fraction of sp³-hybridized carbons (Fsp3) is 0. The van der Waals surface area contributed by atoms with E-state index in [4.69, 9.17) is 9.97 Å². The number of pyridine rings is 2.